The molecule has 2 N–H and O–H groups in total. The quantitative estimate of drug-likeness (QED) is 0.319. The first-order valence-corrected chi connectivity index (χ1v) is 15.3. The number of fused-ring (bicyclic) bond motifs is 1. The molecule has 0 unspecified atom stereocenters. The van der Waals surface area contributed by atoms with Gasteiger partial charge in [0.05, 0.1) is 28.2 Å². The van der Waals surface area contributed by atoms with Crippen LogP contribution in [0.1, 0.15) is 64.9 Å². The van der Waals surface area contributed by atoms with Crippen LogP contribution in [0.4, 0.5) is 14.9 Å². The number of alkyl carbamates (subject to hydrolysis) is 1. The van der Waals surface area contributed by atoms with Gasteiger partial charge in [-0.25, -0.2) is 22.6 Å². The molecule has 1 aliphatic carbocycles. The first kappa shape index (κ1) is 30.8. The van der Waals surface area contributed by atoms with Gasteiger partial charge >= 0.3 is 6.09 Å². The van der Waals surface area contributed by atoms with Crippen molar-refractivity contribution in [3.8, 4) is 17.6 Å². The molecule has 1 amide bonds. The molecule has 2 aromatic carbocycles. The van der Waals surface area contributed by atoms with Gasteiger partial charge in [-0.2, -0.15) is 5.26 Å². The maximum absolute atomic E-state index is 14.9. The highest BCUT2D eigenvalue weighted by molar-refractivity contribution is 7.93. The van der Waals surface area contributed by atoms with Crippen LogP contribution >= 0.6 is 0 Å². The van der Waals surface area contributed by atoms with Gasteiger partial charge < -0.3 is 14.8 Å². The Hall–Kier alpha value is -4.18. The molecule has 4 rings (SSSR count). The highest BCUT2D eigenvalue weighted by Crippen LogP contribution is 2.35. The molecule has 11 nitrogen and oxygen atoms in total. The summed E-state index contributed by atoms with van der Waals surface area (Å²) in [6.07, 6.45) is 4.89. The van der Waals surface area contributed by atoms with Crippen LogP contribution in [0.3, 0.4) is 0 Å². The number of nitrogens with zero attached hydrogens (tertiary/aromatic N) is 3. The molecule has 3 aromatic rings. The van der Waals surface area contributed by atoms with Crippen LogP contribution in [0.2, 0.25) is 0 Å². The van der Waals surface area contributed by atoms with Crippen LogP contribution in [0.5, 0.6) is 11.5 Å². The Morgan fingerprint density at radius 3 is 2.62 bits per heavy atom. The van der Waals surface area contributed by atoms with E-state index in [1.807, 2.05) is 6.07 Å². The Morgan fingerprint density at radius 1 is 1.19 bits per heavy atom. The molecule has 42 heavy (non-hydrogen) atoms. The van der Waals surface area contributed by atoms with E-state index in [2.05, 4.69) is 15.0 Å². The summed E-state index contributed by atoms with van der Waals surface area (Å²) in [5.74, 6) is -1.26. The molecule has 1 heterocycles. The van der Waals surface area contributed by atoms with Crippen molar-refractivity contribution in [2.24, 2.45) is 0 Å². The summed E-state index contributed by atoms with van der Waals surface area (Å²) >= 11 is 0. The number of amides is 1. The van der Waals surface area contributed by atoms with E-state index in [0.29, 0.717) is 24.8 Å². The molecule has 0 atom stereocenters. The van der Waals surface area contributed by atoms with E-state index in [1.165, 1.54) is 35.2 Å². The number of hydrogen-bond donors (Lipinski definition) is 2. The van der Waals surface area contributed by atoms with E-state index in [-0.39, 0.29) is 41.0 Å². The van der Waals surface area contributed by atoms with Crippen LogP contribution in [-0.4, -0.2) is 41.5 Å². The summed E-state index contributed by atoms with van der Waals surface area (Å²) in [5.41, 5.74) is -1.01. The van der Waals surface area contributed by atoms with E-state index >= 15 is 0 Å². The number of nitriles is 1. The smallest absolute Gasteiger partial charge is 0.407 e. The van der Waals surface area contributed by atoms with Gasteiger partial charge in [0, 0.05) is 13.1 Å². The molecule has 1 saturated carbocycles. The maximum Gasteiger partial charge on any atom is 0.407 e. The molecule has 13 heteroatoms. The van der Waals surface area contributed by atoms with Crippen LogP contribution in [0.15, 0.2) is 41.5 Å². The lowest BCUT2D eigenvalue weighted by atomic mass is 10.0. The molecular weight excluding hydrogens is 565 g/mol. The zero-order valence-corrected chi connectivity index (χ0v) is 24.6. The van der Waals surface area contributed by atoms with E-state index in [1.54, 1.807) is 20.8 Å². The minimum absolute atomic E-state index is 0.0634. The number of hydrogen-bond acceptors (Lipinski definition) is 8. The van der Waals surface area contributed by atoms with Crippen molar-refractivity contribution in [3.05, 3.63) is 58.4 Å². The lowest BCUT2D eigenvalue weighted by molar-refractivity contribution is 0.0526. The summed E-state index contributed by atoms with van der Waals surface area (Å²) in [7, 11) is -3.80. The average molecular weight is 600 g/mol. The van der Waals surface area contributed by atoms with Gasteiger partial charge in [-0.05, 0) is 70.4 Å². The van der Waals surface area contributed by atoms with Gasteiger partial charge in [0.1, 0.15) is 23.0 Å². The predicted molar refractivity (Wildman–Crippen MR) is 155 cm³/mol. The number of rotatable bonds is 9. The molecular formula is C29H34FN5O6S. The SMILES string of the molecule is CC(C)(C)OC(=O)NCCCn1cnc2ccc(Oc3c(F)ccc(NS(=O)(=O)C4CCCCC4)c3C#N)cc2c1=O. The van der Waals surface area contributed by atoms with Crippen LogP contribution in [-0.2, 0) is 21.3 Å². The van der Waals surface area contributed by atoms with Crippen LogP contribution < -0.4 is 20.3 Å². The second-order valence-corrected chi connectivity index (χ2v) is 13.1. The van der Waals surface area contributed by atoms with Crippen molar-refractivity contribution in [2.45, 2.75) is 76.7 Å². The first-order chi connectivity index (χ1) is 19.9. The number of carbonyl (C=O) groups is 1. The van der Waals surface area contributed by atoms with Gasteiger partial charge in [0.15, 0.2) is 11.6 Å². The molecule has 1 fully saturated rings. The van der Waals surface area contributed by atoms with Gasteiger partial charge in [0.2, 0.25) is 10.0 Å². The zero-order chi connectivity index (χ0) is 30.5. The topological polar surface area (TPSA) is 152 Å². The van der Waals surface area contributed by atoms with Crippen molar-refractivity contribution >= 4 is 32.7 Å². The summed E-state index contributed by atoms with van der Waals surface area (Å²) in [5, 5.41) is 12.1. The van der Waals surface area contributed by atoms with Crippen molar-refractivity contribution in [1.29, 1.82) is 5.26 Å². The van der Waals surface area contributed by atoms with Crippen molar-refractivity contribution in [3.63, 3.8) is 0 Å². The molecule has 1 aliphatic rings. The third kappa shape index (κ3) is 7.55. The fraction of sp³-hybridized carbons (Fsp3) is 0.448. The minimum Gasteiger partial charge on any atom is -0.453 e. The number of aromatic nitrogens is 2. The Bertz CT molecular complexity index is 1670. The van der Waals surface area contributed by atoms with Crippen molar-refractivity contribution in [2.75, 3.05) is 11.3 Å². The van der Waals surface area contributed by atoms with Crippen LogP contribution in [0.25, 0.3) is 10.9 Å². The van der Waals surface area contributed by atoms with E-state index in [9.17, 15) is 27.7 Å². The third-order valence-corrected chi connectivity index (χ3v) is 8.58. The van der Waals surface area contributed by atoms with Crippen molar-refractivity contribution < 1.29 is 27.1 Å². The lowest BCUT2D eigenvalue weighted by Crippen LogP contribution is -2.33. The number of benzene rings is 2. The number of sulfonamides is 1. The highest BCUT2D eigenvalue weighted by atomic mass is 32.2. The number of ether oxygens (including phenoxy) is 2. The summed E-state index contributed by atoms with van der Waals surface area (Å²) in [6.45, 7) is 5.82. The first-order valence-electron chi connectivity index (χ1n) is 13.8. The number of nitrogens with one attached hydrogen (secondary N) is 2. The second kappa shape index (κ2) is 12.8. The minimum atomic E-state index is -3.80. The number of aryl methyl sites for hydroxylation is 1. The fourth-order valence-corrected chi connectivity index (χ4v) is 6.30. The Labute approximate surface area is 243 Å². The number of anilines is 1. The van der Waals surface area contributed by atoms with Gasteiger partial charge in [-0.15, -0.1) is 0 Å². The van der Waals surface area contributed by atoms with E-state index in [4.69, 9.17) is 9.47 Å². The monoisotopic (exact) mass is 599 g/mol. The predicted octanol–water partition coefficient (Wildman–Crippen LogP) is 5.19. The van der Waals surface area contributed by atoms with Crippen molar-refractivity contribution in [1.82, 2.24) is 14.9 Å². The zero-order valence-electron chi connectivity index (χ0n) is 23.8. The molecule has 0 spiro atoms. The standard InChI is InChI=1S/C29H34FN5O6S/c1-29(2,3)41-28(37)32-14-7-15-35-18-33-24-12-10-19(16-21(24)27(35)36)40-26-22(17-31)25(13-11-23(26)30)34-42(38,39)20-8-5-4-6-9-20/h10-13,16,18,20,34H,4-9,14-15H2,1-3H3,(H,32,37). The van der Waals surface area contributed by atoms with Gasteiger partial charge in [-0.1, -0.05) is 19.3 Å². The third-order valence-electron chi connectivity index (χ3n) is 6.72. The maximum atomic E-state index is 14.9. The molecule has 0 aliphatic heterocycles. The summed E-state index contributed by atoms with van der Waals surface area (Å²) in [6, 6.07) is 8.46. The Kier molecular flexibility index (Phi) is 9.36. The largest absolute Gasteiger partial charge is 0.453 e. The molecule has 224 valence electrons. The molecule has 0 saturated heterocycles. The molecule has 0 radical (unpaired) electrons. The van der Waals surface area contributed by atoms with Gasteiger partial charge in [-0.3, -0.25) is 14.1 Å². The fourth-order valence-electron chi connectivity index (χ4n) is 4.70. The van der Waals surface area contributed by atoms with Gasteiger partial charge in [0.25, 0.3) is 5.56 Å². The normalized spacial score (nSPS) is 14.3. The highest BCUT2D eigenvalue weighted by Gasteiger charge is 2.29. The Balaban J connectivity index is 1.53. The van der Waals surface area contributed by atoms with E-state index < -0.39 is 38.5 Å². The van der Waals surface area contributed by atoms with E-state index in [0.717, 1.165) is 25.3 Å². The molecule has 1 aromatic heterocycles. The molecule has 0 bridgehead atoms. The number of carbonyl (C=O) groups excluding carboxylic acids is 1. The number of halogens is 1. The second-order valence-electron chi connectivity index (χ2n) is 11.1. The Morgan fingerprint density at radius 2 is 1.93 bits per heavy atom. The lowest BCUT2D eigenvalue weighted by Gasteiger charge is -2.23. The van der Waals surface area contributed by atoms with Crippen LogP contribution in [0, 0.1) is 17.1 Å². The summed E-state index contributed by atoms with van der Waals surface area (Å²) in [4.78, 5) is 29.3. The summed E-state index contributed by atoms with van der Waals surface area (Å²) < 4.78 is 55.6. The average Bonchev–Trinajstić information content (AvgIpc) is 2.93.